The van der Waals surface area contributed by atoms with Crippen molar-refractivity contribution in [3.8, 4) is 0 Å². The number of amidine groups is 1. The average molecular weight is 624 g/mol. The van der Waals surface area contributed by atoms with Crippen molar-refractivity contribution in [1.82, 2.24) is 15.5 Å². The lowest BCUT2D eigenvalue weighted by atomic mass is 10.0. The molecule has 2 N–H and O–H groups in total. The van der Waals surface area contributed by atoms with Crippen LogP contribution >= 0.6 is 11.6 Å². The highest BCUT2D eigenvalue weighted by atomic mass is 35.5. The first-order valence-corrected chi connectivity index (χ1v) is 15.4. The van der Waals surface area contributed by atoms with Gasteiger partial charge in [0.25, 0.3) is 6.43 Å². The van der Waals surface area contributed by atoms with Gasteiger partial charge < -0.3 is 15.5 Å². The van der Waals surface area contributed by atoms with Gasteiger partial charge in [-0.25, -0.2) is 18.2 Å². The van der Waals surface area contributed by atoms with E-state index in [1.54, 1.807) is 11.0 Å². The fourth-order valence-electron chi connectivity index (χ4n) is 4.24. The number of carbonyl (C=O) groups is 1. The molecule has 0 radical (unpaired) electrons. The SMILES string of the molecule is C=C/C=C(\C=C/CC)C1CN(C=O)CCN1.C=NC(=NCc1cccc(C(F)F)c1F)/C(CC)=C(/CCC)NCCl.CC. The molecule has 6 nitrogen and oxygen atoms in total. The van der Waals surface area contributed by atoms with Gasteiger partial charge in [-0.3, -0.25) is 9.79 Å². The van der Waals surface area contributed by atoms with E-state index >= 15 is 0 Å². The highest BCUT2D eigenvalue weighted by molar-refractivity contribution is 6.17. The number of nitrogens with one attached hydrogen (secondary N) is 2. The minimum Gasteiger partial charge on any atom is -0.375 e. The largest absolute Gasteiger partial charge is 0.375 e. The van der Waals surface area contributed by atoms with Gasteiger partial charge in [-0.05, 0) is 31.6 Å². The van der Waals surface area contributed by atoms with Crippen molar-refractivity contribution >= 4 is 30.6 Å². The summed E-state index contributed by atoms with van der Waals surface area (Å²) in [6, 6.07) is 4.37. The first kappa shape index (κ1) is 39.8. The molecule has 0 bridgehead atoms. The Morgan fingerprint density at radius 3 is 2.53 bits per heavy atom. The molecule has 1 aliphatic heterocycles. The Morgan fingerprint density at radius 1 is 1.28 bits per heavy atom. The van der Waals surface area contributed by atoms with Crippen molar-refractivity contribution in [1.29, 1.82) is 0 Å². The molecule has 1 unspecified atom stereocenters. The Balaban J connectivity index is 0.000000842. The van der Waals surface area contributed by atoms with Crippen LogP contribution in [0.1, 0.15) is 77.9 Å². The molecule has 10 heteroatoms. The number of halogens is 4. The van der Waals surface area contributed by atoms with Gasteiger partial charge in [-0.2, -0.15) is 0 Å². The standard InChI is InChI=1S/C18H23ClF3N3.C13H20N2O.C2H6/c1-4-7-15(25-11-19)13(5-2)18(23-3)24-10-12-8-6-9-14(16(12)20)17(21)22;1-3-5-7-12(6-4-2)13-10-15(11-16)9-8-14-13;1-2/h6,8-9,17,25H,3-5,7,10-11H2,1-2H3;4-7,11,13-14H,2-3,8-10H2,1H3;1-2H3/b15-13-,24-18?;7-5-,12-6+;. The Kier molecular flexibility index (Phi) is 22.5. The third kappa shape index (κ3) is 14.2. The van der Waals surface area contributed by atoms with E-state index in [1.165, 1.54) is 17.7 Å². The molecule has 1 aliphatic rings. The first-order valence-electron chi connectivity index (χ1n) is 14.8. The topological polar surface area (TPSA) is 69.1 Å². The molecule has 0 aliphatic carbocycles. The zero-order chi connectivity index (χ0) is 32.6. The molecule has 0 spiro atoms. The molecule has 1 amide bonds. The average Bonchev–Trinajstić information content (AvgIpc) is 3.03. The maximum atomic E-state index is 14.1. The third-order valence-electron chi connectivity index (χ3n) is 6.28. The van der Waals surface area contributed by atoms with Gasteiger partial charge in [0.05, 0.1) is 18.1 Å². The number of piperazine rings is 1. The van der Waals surface area contributed by atoms with Gasteiger partial charge >= 0.3 is 0 Å². The molecule has 1 atom stereocenters. The number of nitrogens with zero attached hydrogens (tertiary/aromatic N) is 3. The minimum absolute atomic E-state index is 0.0927. The number of carbonyl (C=O) groups excluding carboxylic acids is 1. The number of hydrogen-bond donors (Lipinski definition) is 2. The monoisotopic (exact) mass is 623 g/mol. The number of rotatable bonds is 14. The second-order valence-corrected chi connectivity index (χ2v) is 9.38. The van der Waals surface area contributed by atoms with Gasteiger partial charge in [-0.15, -0.1) is 11.6 Å². The van der Waals surface area contributed by atoms with Gasteiger partial charge in [0.15, 0.2) is 5.84 Å². The number of amides is 1. The van der Waals surface area contributed by atoms with Crippen molar-refractivity contribution < 1.29 is 18.0 Å². The van der Waals surface area contributed by atoms with E-state index in [-0.39, 0.29) is 24.2 Å². The third-order valence-corrected chi connectivity index (χ3v) is 6.41. The van der Waals surface area contributed by atoms with Crippen LogP contribution < -0.4 is 10.6 Å². The van der Waals surface area contributed by atoms with Gasteiger partial charge in [0.1, 0.15) is 5.82 Å². The van der Waals surface area contributed by atoms with Crippen molar-refractivity contribution in [2.75, 3.05) is 25.6 Å². The molecular weight excluding hydrogens is 575 g/mol. The molecule has 0 saturated carbocycles. The summed E-state index contributed by atoms with van der Waals surface area (Å²) in [6.45, 7) is 19.6. The Morgan fingerprint density at radius 2 is 2.00 bits per heavy atom. The number of aliphatic imine (C=N–C) groups is 2. The van der Waals surface area contributed by atoms with Crippen molar-refractivity contribution in [3.05, 3.63) is 82.9 Å². The summed E-state index contributed by atoms with van der Waals surface area (Å²) in [4.78, 5) is 20.8. The van der Waals surface area contributed by atoms with Crippen LogP contribution in [0.2, 0.25) is 0 Å². The highest BCUT2D eigenvalue weighted by Gasteiger charge is 2.20. The van der Waals surface area contributed by atoms with Crippen molar-refractivity contribution in [2.24, 2.45) is 9.98 Å². The molecule has 1 aromatic carbocycles. The molecule has 1 saturated heterocycles. The van der Waals surface area contributed by atoms with Crippen LogP contribution in [0.25, 0.3) is 0 Å². The number of hydrogen-bond acceptors (Lipinski definition) is 4. The van der Waals surface area contributed by atoms with Crippen LogP contribution in [0.3, 0.4) is 0 Å². The van der Waals surface area contributed by atoms with E-state index in [9.17, 15) is 18.0 Å². The van der Waals surface area contributed by atoms with E-state index in [4.69, 9.17) is 11.6 Å². The van der Waals surface area contributed by atoms with Crippen LogP contribution in [0.15, 0.2) is 75.9 Å². The van der Waals surface area contributed by atoms with Crippen LogP contribution in [0, 0.1) is 5.82 Å². The number of allylic oxidation sites excluding steroid dienone is 4. The van der Waals surface area contributed by atoms with Crippen molar-refractivity contribution in [2.45, 2.75) is 79.3 Å². The summed E-state index contributed by atoms with van der Waals surface area (Å²) >= 11 is 5.77. The summed E-state index contributed by atoms with van der Waals surface area (Å²) in [6.07, 6.45) is 9.38. The van der Waals surface area contributed by atoms with E-state index < -0.39 is 17.8 Å². The lowest BCUT2D eigenvalue weighted by Gasteiger charge is -2.31. The molecule has 1 aromatic rings. The number of alkyl halides is 3. The summed E-state index contributed by atoms with van der Waals surface area (Å²) in [7, 11) is 0. The summed E-state index contributed by atoms with van der Waals surface area (Å²) in [5.74, 6) is -0.565. The fourth-order valence-corrected chi connectivity index (χ4v) is 4.41. The molecular formula is C33H49ClF3N5O. The zero-order valence-corrected chi connectivity index (χ0v) is 27.1. The van der Waals surface area contributed by atoms with Gasteiger partial charge in [-0.1, -0.05) is 90.1 Å². The molecule has 1 heterocycles. The summed E-state index contributed by atoms with van der Waals surface area (Å²) in [5, 5.41) is 6.50. The minimum atomic E-state index is -2.86. The highest BCUT2D eigenvalue weighted by Crippen LogP contribution is 2.25. The van der Waals surface area contributed by atoms with E-state index in [0.29, 0.717) is 12.3 Å². The van der Waals surface area contributed by atoms with E-state index in [2.05, 4.69) is 53.0 Å². The summed E-state index contributed by atoms with van der Waals surface area (Å²) < 4.78 is 39.7. The van der Waals surface area contributed by atoms with Crippen LogP contribution in [0.5, 0.6) is 0 Å². The number of benzene rings is 1. The maximum Gasteiger partial charge on any atom is 0.266 e. The van der Waals surface area contributed by atoms with E-state index in [1.807, 2.05) is 33.8 Å². The molecule has 2 rings (SSSR count). The Labute approximate surface area is 261 Å². The maximum absolute atomic E-state index is 14.1. The zero-order valence-electron chi connectivity index (χ0n) is 26.3. The molecule has 0 aromatic heterocycles. The molecule has 43 heavy (non-hydrogen) atoms. The second-order valence-electron chi connectivity index (χ2n) is 9.11. The Bertz CT molecular complexity index is 1090. The second kappa shape index (κ2) is 24.3. The van der Waals surface area contributed by atoms with Crippen LogP contribution in [-0.4, -0.2) is 55.5 Å². The molecule has 1 fully saturated rings. The summed E-state index contributed by atoms with van der Waals surface area (Å²) in [5.41, 5.74) is 2.40. The smallest absolute Gasteiger partial charge is 0.266 e. The van der Waals surface area contributed by atoms with Crippen LogP contribution in [-0.2, 0) is 11.3 Å². The van der Waals surface area contributed by atoms with E-state index in [0.717, 1.165) is 62.6 Å². The fraction of sp³-hybridized carbons (Fsp3) is 0.485. The van der Waals surface area contributed by atoms with Crippen LogP contribution in [0.4, 0.5) is 13.2 Å². The first-order chi connectivity index (χ1) is 20.8. The normalized spacial score (nSPS) is 16.0. The predicted octanol–water partition coefficient (Wildman–Crippen LogP) is 8.13. The molecule has 240 valence electrons. The Hall–Kier alpha value is -3.17. The lowest BCUT2D eigenvalue weighted by Crippen LogP contribution is -2.50. The van der Waals surface area contributed by atoms with Gasteiger partial charge in [0.2, 0.25) is 6.41 Å². The van der Waals surface area contributed by atoms with Crippen molar-refractivity contribution in [3.63, 3.8) is 0 Å². The lowest BCUT2D eigenvalue weighted by molar-refractivity contribution is -0.119. The predicted molar refractivity (Wildman–Crippen MR) is 177 cm³/mol. The van der Waals surface area contributed by atoms with Gasteiger partial charge in [0, 0.05) is 42.5 Å². The quantitative estimate of drug-likeness (QED) is 0.0549.